The Hall–Kier alpha value is -2.93. The van der Waals surface area contributed by atoms with Crippen molar-refractivity contribution in [1.82, 2.24) is 9.91 Å². The highest BCUT2D eigenvalue weighted by Gasteiger charge is 2.52. The van der Waals surface area contributed by atoms with Crippen LogP contribution in [0.25, 0.3) is 0 Å². The Morgan fingerprint density at radius 2 is 1.97 bits per heavy atom. The average Bonchev–Trinajstić information content (AvgIpc) is 3.47. The molecule has 1 spiro atoms. The molecule has 0 amide bonds. The lowest BCUT2D eigenvalue weighted by molar-refractivity contribution is -0.150. The molecule has 1 fully saturated rings. The lowest BCUT2D eigenvalue weighted by Crippen LogP contribution is -2.59. The van der Waals surface area contributed by atoms with E-state index in [1.54, 1.807) is 7.11 Å². The van der Waals surface area contributed by atoms with Gasteiger partial charge in [-0.1, -0.05) is 19.1 Å². The third-order valence-corrected chi connectivity index (χ3v) is 7.00. The predicted molar refractivity (Wildman–Crippen MR) is 116 cm³/mol. The zero-order valence-electron chi connectivity index (χ0n) is 18.0. The summed E-state index contributed by atoms with van der Waals surface area (Å²) in [6.07, 6.45) is 2.64. The van der Waals surface area contributed by atoms with Gasteiger partial charge in [-0.25, -0.2) is 5.01 Å². The number of hydrogen-bond donors (Lipinski definition) is 0. The second-order valence-corrected chi connectivity index (χ2v) is 8.54. The molecule has 4 aliphatic heterocycles. The van der Waals surface area contributed by atoms with Crippen molar-refractivity contribution in [2.75, 3.05) is 33.5 Å². The van der Waals surface area contributed by atoms with E-state index in [-0.39, 0.29) is 12.8 Å². The molecular weight excluding hydrogens is 394 g/mol. The van der Waals surface area contributed by atoms with Crippen LogP contribution in [0.4, 0.5) is 0 Å². The van der Waals surface area contributed by atoms with Crippen LogP contribution in [0.5, 0.6) is 23.0 Å². The first-order valence-corrected chi connectivity index (χ1v) is 11.1. The molecule has 31 heavy (non-hydrogen) atoms. The molecule has 162 valence electrons. The zero-order chi connectivity index (χ0) is 21.0. The van der Waals surface area contributed by atoms with Gasteiger partial charge in [0.2, 0.25) is 12.5 Å². The largest absolute Gasteiger partial charge is 0.493 e. The third kappa shape index (κ3) is 2.86. The summed E-state index contributed by atoms with van der Waals surface area (Å²) in [7, 11) is 1.71. The fraction of sp³-hybridized carbons (Fsp3) is 0.458. The van der Waals surface area contributed by atoms with Crippen LogP contribution in [0, 0.1) is 0 Å². The van der Waals surface area contributed by atoms with Crippen LogP contribution in [0.15, 0.2) is 41.5 Å². The van der Waals surface area contributed by atoms with Crippen molar-refractivity contribution in [2.45, 2.75) is 38.0 Å². The van der Waals surface area contributed by atoms with Gasteiger partial charge in [0.15, 0.2) is 23.0 Å². The van der Waals surface area contributed by atoms with Gasteiger partial charge in [-0.05, 0) is 30.8 Å². The van der Waals surface area contributed by atoms with Gasteiger partial charge in [0.25, 0.3) is 0 Å². The van der Waals surface area contributed by atoms with Crippen LogP contribution in [0.3, 0.4) is 0 Å². The van der Waals surface area contributed by atoms with Gasteiger partial charge in [-0.15, -0.1) is 0 Å². The van der Waals surface area contributed by atoms with E-state index in [4.69, 9.17) is 24.0 Å². The number of fused-ring (bicyclic) bond motifs is 5. The van der Waals surface area contributed by atoms with E-state index in [9.17, 15) is 0 Å². The molecule has 4 aliphatic rings. The Labute approximate surface area is 182 Å². The smallest absolute Gasteiger partial charge is 0.231 e. The molecule has 0 bridgehead atoms. The van der Waals surface area contributed by atoms with Gasteiger partial charge in [-0.2, -0.15) is 5.10 Å². The number of piperidine rings is 1. The number of hydrazone groups is 1. The van der Waals surface area contributed by atoms with E-state index >= 15 is 0 Å². The van der Waals surface area contributed by atoms with Gasteiger partial charge in [-0.3, -0.25) is 0 Å². The Balaban J connectivity index is 1.42. The highest BCUT2D eigenvalue weighted by molar-refractivity contribution is 6.02. The van der Waals surface area contributed by atoms with E-state index < -0.39 is 5.72 Å². The molecular formula is C24H27N3O4. The Morgan fingerprint density at radius 3 is 2.77 bits per heavy atom. The summed E-state index contributed by atoms with van der Waals surface area (Å²) >= 11 is 0. The number of ether oxygens (including phenoxy) is 4. The van der Waals surface area contributed by atoms with Gasteiger partial charge in [0.05, 0.1) is 18.9 Å². The topological polar surface area (TPSA) is 55.8 Å². The minimum atomic E-state index is -0.448. The van der Waals surface area contributed by atoms with Crippen LogP contribution < -0.4 is 18.9 Å². The van der Waals surface area contributed by atoms with Crippen molar-refractivity contribution >= 4 is 5.71 Å². The molecule has 4 heterocycles. The molecule has 2 aromatic carbocycles. The van der Waals surface area contributed by atoms with Gasteiger partial charge < -0.3 is 23.8 Å². The minimum Gasteiger partial charge on any atom is -0.493 e. The van der Waals surface area contributed by atoms with Crippen LogP contribution >= 0.6 is 0 Å². The Bertz CT molecular complexity index is 1050. The summed E-state index contributed by atoms with van der Waals surface area (Å²) in [4.78, 5) is 2.47. The van der Waals surface area contributed by atoms with Crippen LogP contribution in [0.2, 0.25) is 0 Å². The quantitative estimate of drug-likeness (QED) is 0.752. The maximum Gasteiger partial charge on any atom is 0.231 e. The number of para-hydroxylation sites is 1. The second kappa shape index (κ2) is 7.05. The molecule has 0 saturated carbocycles. The lowest BCUT2D eigenvalue weighted by Gasteiger charge is -2.51. The fourth-order valence-corrected chi connectivity index (χ4v) is 5.23. The first-order valence-electron chi connectivity index (χ1n) is 11.1. The molecule has 1 saturated heterocycles. The van der Waals surface area contributed by atoms with Gasteiger partial charge in [0.1, 0.15) is 0 Å². The monoisotopic (exact) mass is 421 g/mol. The van der Waals surface area contributed by atoms with Crippen molar-refractivity contribution in [2.24, 2.45) is 5.10 Å². The summed E-state index contributed by atoms with van der Waals surface area (Å²) in [5.41, 5.74) is 2.82. The number of methoxy groups -OCH3 is 1. The molecule has 6 rings (SSSR count). The summed E-state index contributed by atoms with van der Waals surface area (Å²) in [5, 5.41) is 7.40. The highest BCUT2D eigenvalue weighted by atomic mass is 16.7. The van der Waals surface area contributed by atoms with E-state index in [0.717, 1.165) is 78.7 Å². The maximum absolute atomic E-state index is 6.77. The third-order valence-electron chi connectivity index (χ3n) is 7.00. The first kappa shape index (κ1) is 18.8. The number of nitrogens with zero attached hydrogens (tertiary/aromatic N) is 3. The SMILES string of the molecule is CCN1CCC2(CC1)Oc1c(OC)cccc1[C@H]1CC(c3ccc4c(c3)OCO4)=NN12. The molecule has 0 radical (unpaired) electrons. The Kier molecular flexibility index (Phi) is 4.28. The van der Waals surface area contributed by atoms with Crippen LogP contribution in [-0.4, -0.2) is 54.9 Å². The summed E-state index contributed by atoms with van der Waals surface area (Å²) < 4.78 is 23.5. The summed E-state index contributed by atoms with van der Waals surface area (Å²) in [6, 6.07) is 12.4. The predicted octanol–water partition coefficient (Wildman–Crippen LogP) is 3.78. The molecule has 0 aliphatic carbocycles. The summed E-state index contributed by atoms with van der Waals surface area (Å²) in [5.74, 6) is 3.25. The van der Waals surface area contributed by atoms with E-state index in [2.05, 4.69) is 29.0 Å². The van der Waals surface area contributed by atoms with Gasteiger partial charge in [0, 0.05) is 43.5 Å². The van der Waals surface area contributed by atoms with Crippen LogP contribution in [-0.2, 0) is 0 Å². The maximum atomic E-state index is 6.77. The minimum absolute atomic E-state index is 0.132. The van der Waals surface area contributed by atoms with Crippen molar-refractivity contribution < 1.29 is 18.9 Å². The number of rotatable bonds is 3. The van der Waals surface area contributed by atoms with Crippen LogP contribution in [0.1, 0.15) is 43.4 Å². The van der Waals surface area contributed by atoms with E-state index in [1.165, 1.54) is 0 Å². The Morgan fingerprint density at radius 1 is 1.13 bits per heavy atom. The molecule has 0 aromatic heterocycles. The summed E-state index contributed by atoms with van der Waals surface area (Å²) in [6.45, 7) is 5.55. The standard InChI is InChI=1S/C24H27N3O4/c1-3-26-11-9-24(10-12-26)27-19(17-5-4-6-21(28-2)23(17)31-24)14-18(25-27)16-7-8-20-22(13-16)30-15-29-20/h4-8,13,19H,3,9-12,14-15H2,1-2H3/t19-/m1/s1. The molecule has 7 nitrogen and oxygen atoms in total. The second-order valence-electron chi connectivity index (χ2n) is 8.54. The number of hydrogen-bond acceptors (Lipinski definition) is 7. The van der Waals surface area contributed by atoms with Crippen molar-refractivity contribution in [3.8, 4) is 23.0 Å². The molecule has 0 unspecified atom stereocenters. The first-order chi connectivity index (χ1) is 15.2. The molecule has 2 aromatic rings. The molecule has 0 N–H and O–H groups in total. The fourth-order valence-electron chi connectivity index (χ4n) is 5.23. The highest BCUT2D eigenvalue weighted by Crippen LogP contribution is 2.52. The number of benzene rings is 2. The van der Waals surface area contributed by atoms with Gasteiger partial charge >= 0.3 is 0 Å². The van der Waals surface area contributed by atoms with Crippen molar-refractivity contribution in [3.05, 3.63) is 47.5 Å². The normalized spacial score (nSPS) is 23.2. The van der Waals surface area contributed by atoms with E-state index in [0.29, 0.717) is 0 Å². The molecule has 1 atom stereocenters. The lowest BCUT2D eigenvalue weighted by atomic mass is 9.90. The molecule has 7 heteroatoms. The van der Waals surface area contributed by atoms with Crippen molar-refractivity contribution in [1.29, 1.82) is 0 Å². The zero-order valence-corrected chi connectivity index (χ0v) is 18.0. The van der Waals surface area contributed by atoms with E-state index in [1.807, 2.05) is 24.3 Å². The average molecular weight is 421 g/mol. The number of likely N-dealkylation sites (tertiary alicyclic amines) is 1. The van der Waals surface area contributed by atoms with Crippen molar-refractivity contribution in [3.63, 3.8) is 0 Å².